The molecule has 2 N–H and O–H groups in total. The fourth-order valence-electron chi connectivity index (χ4n) is 1.78. The van der Waals surface area contributed by atoms with E-state index in [4.69, 9.17) is 0 Å². The lowest BCUT2D eigenvalue weighted by Crippen LogP contribution is -2.36. The predicted molar refractivity (Wildman–Crippen MR) is 106 cm³/mol. The molecule has 0 fully saturated rings. The van der Waals surface area contributed by atoms with Crippen LogP contribution in [0.3, 0.4) is 0 Å². The zero-order valence-electron chi connectivity index (χ0n) is 13.9. The molecule has 140 valence electrons. The molecule has 0 radical (unpaired) electrons. The lowest BCUT2D eigenvalue weighted by atomic mass is 10.4. The van der Waals surface area contributed by atoms with Gasteiger partial charge < -0.3 is 10.6 Å². The van der Waals surface area contributed by atoms with Gasteiger partial charge in [-0.05, 0) is 20.8 Å². The van der Waals surface area contributed by atoms with E-state index in [1.807, 2.05) is 20.8 Å². The topological polar surface area (TPSA) is 62.2 Å². The Balaban J connectivity index is 0.00000312. The fraction of sp³-hybridized carbons (Fsp3) is 0.500. The van der Waals surface area contributed by atoms with E-state index in [0.717, 1.165) is 32.3 Å². The lowest BCUT2D eigenvalue weighted by Gasteiger charge is -2.09. The number of alkyl halides is 3. The van der Waals surface area contributed by atoms with Crippen LogP contribution in [-0.2, 0) is 19.3 Å². The predicted octanol–water partition coefficient (Wildman–Crippen LogP) is 4.11. The average Bonchev–Trinajstić information content (AvgIpc) is 3.09. The third-order valence-electron chi connectivity index (χ3n) is 3.04. The average molecular weight is 505 g/mol. The Bertz CT molecular complexity index is 692. The first-order valence-electron chi connectivity index (χ1n) is 7.26. The number of nitrogens with one attached hydrogen (secondary N) is 2. The first-order chi connectivity index (χ1) is 11.3. The van der Waals surface area contributed by atoms with Gasteiger partial charge in [-0.25, -0.2) is 15.0 Å². The molecule has 2 aromatic heterocycles. The first-order valence-corrected chi connectivity index (χ1v) is 8.96. The van der Waals surface area contributed by atoms with Crippen LogP contribution in [0.15, 0.2) is 10.4 Å². The summed E-state index contributed by atoms with van der Waals surface area (Å²) >= 11 is 2.56. The first kappa shape index (κ1) is 22.1. The Hall–Kier alpha value is -0.950. The highest BCUT2D eigenvalue weighted by Gasteiger charge is 2.33. The quantitative estimate of drug-likeness (QED) is 0.365. The van der Waals surface area contributed by atoms with Gasteiger partial charge in [-0.3, -0.25) is 0 Å². The second-order valence-corrected chi connectivity index (χ2v) is 7.15. The third-order valence-corrected chi connectivity index (χ3v) is 4.95. The van der Waals surface area contributed by atoms with E-state index in [0.29, 0.717) is 24.1 Å². The number of thiazole rings is 2. The molecule has 0 saturated heterocycles. The number of aryl methyl sites for hydroxylation is 2. The molecule has 0 spiro atoms. The smallest absolute Gasteiger partial charge is 0.357 e. The maximum absolute atomic E-state index is 12.5. The van der Waals surface area contributed by atoms with Gasteiger partial charge in [0.25, 0.3) is 0 Å². The minimum Gasteiger partial charge on any atom is -0.357 e. The number of aliphatic imine (C=N–C) groups is 1. The summed E-state index contributed by atoms with van der Waals surface area (Å²) < 4.78 is 37.6. The van der Waals surface area contributed by atoms with Crippen LogP contribution >= 0.6 is 46.7 Å². The molecule has 0 atom stereocenters. The van der Waals surface area contributed by atoms with Gasteiger partial charge in [0.05, 0.1) is 18.8 Å². The van der Waals surface area contributed by atoms with Gasteiger partial charge >= 0.3 is 6.18 Å². The molecule has 0 aromatic carbocycles. The van der Waals surface area contributed by atoms with E-state index >= 15 is 0 Å². The van der Waals surface area contributed by atoms with Crippen molar-refractivity contribution in [3.05, 3.63) is 31.7 Å². The maximum atomic E-state index is 12.5. The van der Waals surface area contributed by atoms with Gasteiger partial charge in [0.1, 0.15) is 10.0 Å². The van der Waals surface area contributed by atoms with E-state index in [1.165, 1.54) is 0 Å². The van der Waals surface area contributed by atoms with E-state index < -0.39 is 11.9 Å². The highest BCUT2D eigenvalue weighted by molar-refractivity contribution is 14.0. The molecule has 0 amide bonds. The van der Waals surface area contributed by atoms with Crippen LogP contribution in [0.4, 0.5) is 13.2 Å². The van der Waals surface area contributed by atoms with Gasteiger partial charge in [-0.1, -0.05) is 0 Å². The van der Waals surface area contributed by atoms with E-state index in [1.54, 1.807) is 11.3 Å². The highest BCUT2D eigenvalue weighted by atomic mass is 127. The number of hydrogen-bond acceptors (Lipinski definition) is 5. The molecule has 0 aliphatic heterocycles. The zero-order valence-corrected chi connectivity index (χ0v) is 17.9. The largest absolute Gasteiger partial charge is 0.434 e. The van der Waals surface area contributed by atoms with Crippen LogP contribution in [0.1, 0.15) is 33.2 Å². The molecule has 0 aliphatic carbocycles. The van der Waals surface area contributed by atoms with Gasteiger partial charge in [-0.15, -0.1) is 46.7 Å². The summed E-state index contributed by atoms with van der Waals surface area (Å²) in [6.45, 7) is 7.11. The number of halogens is 4. The number of rotatable bonds is 5. The summed E-state index contributed by atoms with van der Waals surface area (Å²) in [4.78, 5) is 13.6. The van der Waals surface area contributed by atoms with Crippen LogP contribution in [0, 0.1) is 13.8 Å². The van der Waals surface area contributed by atoms with Crippen LogP contribution < -0.4 is 10.6 Å². The van der Waals surface area contributed by atoms with Crippen molar-refractivity contribution < 1.29 is 13.2 Å². The van der Waals surface area contributed by atoms with Gasteiger partial charge in [0, 0.05) is 16.8 Å². The van der Waals surface area contributed by atoms with E-state index in [2.05, 4.69) is 25.6 Å². The summed E-state index contributed by atoms with van der Waals surface area (Å²) in [6, 6.07) is 0. The summed E-state index contributed by atoms with van der Waals surface area (Å²) in [5.74, 6) is 0.520. The molecule has 0 bridgehead atoms. The Morgan fingerprint density at radius 1 is 1.20 bits per heavy atom. The van der Waals surface area contributed by atoms with Gasteiger partial charge in [0.15, 0.2) is 11.7 Å². The highest BCUT2D eigenvalue weighted by Crippen LogP contribution is 2.29. The Kier molecular flexibility index (Phi) is 8.54. The van der Waals surface area contributed by atoms with Crippen LogP contribution in [0.5, 0.6) is 0 Å². The fourth-order valence-corrected chi connectivity index (χ4v) is 3.38. The lowest BCUT2D eigenvalue weighted by molar-refractivity contribution is -0.140. The Morgan fingerprint density at radius 2 is 1.92 bits per heavy atom. The van der Waals surface area contributed by atoms with Crippen molar-refractivity contribution in [1.82, 2.24) is 20.6 Å². The van der Waals surface area contributed by atoms with Crippen molar-refractivity contribution in [1.29, 1.82) is 0 Å². The molecule has 2 rings (SSSR count). The molecular weight excluding hydrogens is 486 g/mol. The van der Waals surface area contributed by atoms with Crippen LogP contribution in [0.25, 0.3) is 0 Å². The summed E-state index contributed by atoms with van der Waals surface area (Å²) in [5.41, 5.74) is 0.130. The summed E-state index contributed by atoms with van der Waals surface area (Å²) in [6.07, 6.45) is -4.41. The standard InChI is InChI=1S/C14H18F3N5S2.HI/c1-4-18-13(20-6-12-21-8(2)9(3)24-12)19-5-11-22-10(7-23-11)14(15,16)17;/h7H,4-6H2,1-3H3,(H2,18,19,20);1H. The SMILES string of the molecule is CCNC(=NCc1nc(C)c(C)s1)NCc1nc(C(F)(F)F)cs1.I. The monoisotopic (exact) mass is 505 g/mol. The van der Waals surface area contributed by atoms with Crippen molar-refractivity contribution in [3.63, 3.8) is 0 Å². The van der Waals surface area contributed by atoms with E-state index in [9.17, 15) is 13.2 Å². The molecule has 2 heterocycles. The molecular formula is C14H19F3IN5S2. The Labute approximate surface area is 169 Å². The number of aromatic nitrogens is 2. The van der Waals surface area contributed by atoms with Crippen molar-refractivity contribution >= 4 is 52.6 Å². The summed E-state index contributed by atoms with van der Waals surface area (Å²) in [5, 5.41) is 8.31. The second-order valence-electron chi connectivity index (χ2n) is 4.92. The zero-order chi connectivity index (χ0) is 17.7. The number of nitrogens with zero attached hydrogens (tertiary/aromatic N) is 3. The van der Waals surface area contributed by atoms with Crippen molar-refractivity contribution in [3.8, 4) is 0 Å². The van der Waals surface area contributed by atoms with Crippen molar-refractivity contribution in [2.75, 3.05) is 6.54 Å². The Morgan fingerprint density at radius 3 is 2.44 bits per heavy atom. The van der Waals surface area contributed by atoms with Gasteiger partial charge in [-0.2, -0.15) is 13.2 Å². The van der Waals surface area contributed by atoms with Crippen LogP contribution in [0.2, 0.25) is 0 Å². The molecule has 11 heteroatoms. The summed E-state index contributed by atoms with van der Waals surface area (Å²) in [7, 11) is 0. The van der Waals surface area contributed by atoms with Crippen molar-refractivity contribution in [2.24, 2.45) is 4.99 Å². The molecule has 0 saturated carbocycles. The van der Waals surface area contributed by atoms with Crippen LogP contribution in [-0.4, -0.2) is 22.5 Å². The minimum absolute atomic E-state index is 0. The molecule has 0 aliphatic rings. The van der Waals surface area contributed by atoms with E-state index in [-0.39, 0.29) is 30.5 Å². The molecule has 0 unspecified atom stereocenters. The molecule has 5 nitrogen and oxygen atoms in total. The molecule has 25 heavy (non-hydrogen) atoms. The van der Waals surface area contributed by atoms with Gasteiger partial charge in [0.2, 0.25) is 0 Å². The third kappa shape index (κ3) is 6.70. The number of guanidine groups is 1. The van der Waals surface area contributed by atoms with Crippen molar-refractivity contribution in [2.45, 2.75) is 40.0 Å². The maximum Gasteiger partial charge on any atom is 0.434 e. The second kappa shape index (κ2) is 9.67. The number of hydrogen-bond donors (Lipinski definition) is 2. The molecule has 2 aromatic rings. The minimum atomic E-state index is -4.41. The normalized spacial score (nSPS) is 12.0.